The lowest BCUT2D eigenvalue weighted by atomic mass is 10.4. The molecule has 8 nitrogen and oxygen atoms in total. The number of nitrogens with zero attached hydrogens (tertiary/aromatic N) is 8. The quantitative estimate of drug-likeness (QED) is 0.491. The van der Waals surface area contributed by atoms with Crippen LogP contribution >= 0.6 is 0 Å². The van der Waals surface area contributed by atoms with Crippen LogP contribution in [0.2, 0.25) is 0 Å². The van der Waals surface area contributed by atoms with E-state index in [4.69, 9.17) is 0 Å². The third kappa shape index (κ3) is 1.30. The molecule has 0 aliphatic rings. The maximum Gasteiger partial charge on any atom is 0.200 e. The topological polar surface area (TPSA) is 78.7 Å². The van der Waals surface area contributed by atoms with E-state index in [9.17, 15) is 0 Å². The molecule has 0 aliphatic carbocycles. The molecule has 4 rings (SSSR count). The summed E-state index contributed by atoms with van der Waals surface area (Å²) in [6.45, 7) is 0. The average molecular weight is 254 g/mol. The molecule has 0 aromatic carbocycles. The molecule has 0 atom stereocenters. The van der Waals surface area contributed by atoms with E-state index in [-0.39, 0.29) is 0 Å². The number of hydrogen-bond donors (Lipinski definition) is 0. The molecular formula is C11H10N8. The Labute approximate surface area is 107 Å². The predicted molar refractivity (Wildman–Crippen MR) is 67.3 cm³/mol. The van der Waals surface area contributed by atoms with Crippen molar-refractivity contribution in [1.29, 1.82) is 0 Å². The van der Waals surface area contributed by atoms with Gasteiger partial charge in [0.05, 0.1) is 11.6 Å². The number of fused-ring (bicyclic) bond motifs is 3. The first-order valence-corrected chi connectivity index (χ1v) is 5.75. The zero-order valence-corrected chi connectivity index (χ0v) is 10.4. The highest BCUT2D eigenvalue weighted by Gasteiger charge is 2.13. The van der Waals surface area contributed by atoms with Gasteiger partial charge in [-0.15, -0.1) is 5.10 Å². The minimum atomic E-state index is 0.623. The van der Waals surface area contributed by atoms with Crippen molar-refractivity contribution in [2.24, 2.45) is 14.1 Å². The molecule has 8 heteroatoms. The zero-order valence-electron chi connectivity index (χ0n) is 10.4. The maximum absolute atomic E-state index is 4.56. The predicted octanol–water partition coefficient (Wildman–Crippen LogP) is 0.411. The van der Waals surface area contributed by atoms with E-state index in [0.29, 0.717) is 5.82 Å². The van der Waals surface area contributed by atoms with Crippen LogP contribution in [0, 0.1) is 0 Å². The summed E-state index contributed by atoms with van der Waals surface area (Å²) in [7, 11) is 3.71. The van der Waals surface area contributed by atoms with Gasteiger partial charge in [-0.05, 0) is 6.07 Å². The summed E-state index contributed by atoms with van der Waals surface area (Å²) in [4.78, 5) is 8.88. The van der Waals surface area contributed by atoms with Gasteiger partial charge in [0.1, 0.15) is 12.0 Å². The summed E-state index contributed by atoms with van der Waals surface area (Å²) in [5.41, 5.74) is 2.39. The van der Waals surface area contributed by atoms with Crippen molar-refractivity contribution >= 4 is 16.7 Å². The highest BCUT2D eigenvalue weighted by molar-refractivity contribution is 5.88. The Morgan fingerprint density at radius 1 is 1.05 bits per heavy atom. The Hall–Kier alpha value is -2.77. The summed E-state index contributed by atoms with van der Waals surface area (Å²) in [5, 5.41) is 13.6. The molecule has 0 aliphatic heterocycles. The van der Waals surface area contributed by atoms with Crippen molar-refractivity contribution in [3.05, 3.63) is 24.8 Å². The normalized spacial score (nSPS) is 11.7. The van der Waals surface area contributed by atoms with E-state index in [1.165, 1.54) is 0 Å². The fourth-order valence-electron chi connectivity index (χ4n) is 2.14. The van der Waals surface area contributed by atoms with Crippen molar-refractivity contribution in [3.63, 3.8) is 0 Å². The number of hydrogen-bond acceptors (Lipinski definition) is 5. The number of aryl methyl sites for hydroxylation is 2. The maximum atomic E-state index is 4.56. The van der Waals surface area contributed by atoms with Crippen LogP contribution in [0.5, 0.6) is 0 Å². The molecule has 19 heavy (non-hydrogen) atoms. The third-order valence-electron chi connectivity index (χ3n) is 3.12. The Morgan fingerprint density at radius 3 is 2.74 bits per heavy atom. The van der Waals surface area contributed by atoms with Gasteiger partial charge in [0.25, 0.3) is 0 Å². The van der Waals surface area contributed by atoms with E-state index < -0.39 is 0 Å². The largest absolute Gasteiger partial charge is 0.265 e. The second kappa shape index (κ2) is 3.37. The molecule has 0 spiro atoms. The molecule has 0 saturated carbocycles. The van der Waals surface area contributed by atoms with Gasteiger partial charge >= 0.3 is 0 Å². The lowest BCUT2D eigenvalue weighted by Gasteiger charge is -1.93. The highest BCUT2D eigenvalue weighted by atomic mass is 15.4. The summed E-state index contributed by atoms with van der Waals surface area (Å²) in [5.74, 6) is 0.623. The van der Waals surface area contributed by atoms with Gasteiger partial charge < -0.3 is 0 Å². The molecule has 0 N–H and O–H groups in total. The molecule has 0 unspecified atom stereocenters. The molecule has 0 bridgehead atoms. The fourth-order valence-corrected chi connectivity index (χ4v) is 2.14. The van der Waals surface area contributed by atoms with Gasteiger partial charge in [0.15, 0.2) is 17.1 Å². The Bertz CT molecular complexity index is 896. The number of aromatic nitrogens is 8. The fraction of sp³-hybridized carbons (Fsp3) is 0.182. The summed E-state index contributed by atoms with van der Waals surface area (Å²) in [6.07, 6.45) is 5.12. The van der Waals surface area contributed by atoms with E-state index >= 15 is 0 Å². The van der Waals surface area contributed by atoms with Crippen molar-refractivity contribution in [2.45, 2.75) is 0 Å². The van der Waals surface area contributed by atoms with Crippen LogP contribution < -0.4 is 0 Å². The highest BCUT2D eigenvalue weighted by Crippen LogP contribution is 2.19. The first kappa shape index (κ1) is 10.2. The minimum Gasteiger partial charge on any atom is -0.265 e. The number of rotatable bonds is 1. The van der Waals surface area contributed by atoms with Crippen LogP contribution in [0.4, 0.5) is 0 Å². The van der Waals surface area contributed by atoms with E-state index in [2.05, 4.69) is 25.3 Å². The lowest BCUT2D eigenvalue weighted by molar-refractivity contribution is 0.768. The molecule has 94 valence electrons. The van der Waals surface area contributed by atoms with Crippen LogP contribution in [0.3, 0.4) is 0 Å². The second-order valence-corrected chi connectivity index (χ2v) is 4.29. The average Bonchev–Trinajstić information content (AvgIpc) is 3.07. The van der Waals surface area contributed by atoms with Crippen molar-refractivity contribution < 1.29 is 0 Å². The van der Waals surface area contributed by atoms with E-state index in [1.54, 1.807) is 32.6 Å². The van der Waals surface area contributed by atoms with Gasteiger partial charge in [-0.1, -0.05) is 0 Å². The van der Waals surface area contributed by atoms with Gasteiger partial charge in [-0.2, -0.15) is 10.2 Å². The van der Waals surface area contributed by atoms with Crippen molar-refractivity contribution in [2.75, 3.05) is 0 Å². The summed E-state index contributed by atoms with van der Waals surface area (Å²) >= 11 is 0. The van der Waals surface area contributed by atoms with Gasteiger partial charge in [0.2, 0.25) is 0 Å². The standard InChI is InChI=1S/C11H10N8/c1-17-8(3-4-13-17)9-15-11-7-5-14-18(2)10(7)12-6-19(11)16-9/h3-6H,1-2H3. The van der Waals surface area contributed by atoms with Crippen molar-refractivity contribution in [3.8, 4) is 11.5 Å². The van der Waals surface area contributed by atoms with E-state index in [0.717, 1.165) is 22.4 Å². The van der Waals surface area contributed by atoms with Crippen LogP contribution in [0.25, 0.3) is 28.2 Å². The lowest BCUT2D eigenvalue weighted by Crippen LogP contribution is -1.95. The Morgan fingerprint density at radius 2 is 1.95 bits per heavy atom. The summed E-state index contributed by atoms with van der Waals surface area (Å²) in [6, 6.07) is 1.88. The monoisotopic (exact) mass is 254 g/mol. The smallest absolute Gasteiger partial charge is 0.200 e. The second-order valence-electron chi connectivity index (χ2n) is 4.29. The van der Waals surface area contributed by atoms with Crippen molar-refractivity contribution in [1.82, 2.24) is 39.1 Å². The zero-order chi connectivity index (χ0) is 13.0. The molecule has 4 aromatic heterocycles. The molecule has 0 amide bonds. The van der Waals surface area contributed by atoms with Crippen LogP contribution in [0.1, 0.15) is 0 Å². The molecule has 4 aromatic rings. The third-order valence-corrected chi connectivity index (χ3v) is 3.12. The van der Waals surface area contributed by atoms with Crippen LogP contribution in [-0.4, -0.2) is 39.1 Å². The Kier molecular flexibility index (Phi) is 1.81. The minimum absolute atomic E-state index is 0.623. The van der Waals surface area contributed by atoms with Gasteiger partial charge in [-0.3, -0.25) is 9.36 Å². The summed E-state index contributed by atoms with van der Waals surface area (Å²) < 4.78 is 5.11. The van der Waals surface area contributed by atoms with Crippen LogP contribution in [-0.2, 0) is 14.1 Å². The molecule has 0 fully saturated rings. The molecular weight excluding hydrogens is 244 g/mol. The molecule has 0 radical (unpaired) electrons. The first-order chi connectivity index (χ1) is 9.24. The molecule has 4 heterocycles. The van der Waals surface area contributed by atoms with E-state index in [1.807, 2.05) is 20.2 Å². The first-order valence-electron chi connectivity index (χ1n) is 5.75. The van der Waals surface area contributed by atoms with Crippen LogP contribution in [0.15, 0.2) is 24.8 Å². The molecule has 0 saturated heterocycles. The van der Waals surface area contributed by atoms with Gasteiger partial charge in [-0.25, -0.2) is 14.5 Å². The van der Waals surface area contributed by atoms with Gasteiger partial charge in [0, 0.05) is 20.3 Å². The SMILES string of the molecule is Cn1nccc1-c1nc2c3cnn(C)c3ncn2n1. The Balaban J connectivity index is 2.06.